The number of carbonyl (C=O) groups is 4. The van der Waals surface area contributed by atoms with Crippen molar-refractivity contribution >= 4 is 52.4 Å². The molecule has 9 heteroatoms. The number of amides is 3. The SMILES string of the molecule is COC(=O)CCC(=O)N(C)c1ccc(C(=O)N2c3ccccc3[C@H](N(C(C)=O)c3ccc(Cl)cc3)C[C@@H]2C)cc1. The molecule has 0 radical (unpaired) electrons. The minimum atomic E-state index is -0.444. The van der Waals surface area contributed by atoms with Gasteiger partial charge in [-0.25, -0.2) is 0 Å². The van der Waals surface area contributed by atoms with Crippen LogP contribution in [0.4, 0.5) is 17.1 Å². The number of benzene rings is 3. The first kappa shape index (κ1) is 28.8. The van der Waals surface area contributed by atoms with Crippen LogP contribution in [0.1, 0.15) is 55.1 Å². The van der Waals surface area contributed by atoms with Crippen LogP contribution in [0.15, 0.2) is 72.8 Å². The maximum absolute atomic E-state index is 13.8. The molecule has 0 fully saturated rings. The highest BCUT2D eigenvalue weighted by Crippen LogP contribution is 2.43. The molecule has 2 atom stereocenters. The molecule has 208 valence electrons. The quantitative estimate of drug-likeness (QED) is 0.341. The average molecular weight is 562 g/mol. The van der Waals surface area contributed by atoms with Crippen LogP contribution in [-0.2, 0) is 19.1 Å². The number of hydrogen-bond donors (Lipinski definition) is 0. The molecule has 40 heavy (non-hydrogen) atoms. The van der Waals surface area contributed by atoms with Gasteiger partial charge in [0.2, 0.25) is 11.8 Å². The fraction of sp³-hybridized carbons (Fsp3) is 0.290. The zero-order valence-electron chi connectivity index (χ0n) is 23.0. The van der Waals surface area contributed by atoms with Crippen molar-refractivity contribution < 1.29 is 23.9 Å². The Morgan fingerprint density at radius 3 is 2.17 bits per heavy atom. The summed E-state index contributed by atoms with van der Waals surface area (Å²) in [5.41, 5.74) is 3.45. The molecular formula is C31H32ClN3O5. The summed E-state index contributed by atoms with van der Waals surface area (Å²) in [4.78, 5) is 55.5. The third-order valence-electron chi connectivity index (χ3n) is 7.18. The molecule has 3 amide bonds. The Hall–Kier alpha value is -4.17. The summed E-state index contributed by atoms with van der Waals surface area (Å²) >= 11 is 6.09. The van der Waals surface area contributed by atoms with Crippen molar-refractivity contribution in [2.45, 2.75) is 45.2 Å². The summed E-state index contributed by atoms with van der Waals surface area (Å²) in [6.07, 6.45) is 0.573. The third-order valence-corrected chi connectivity index (χ3v) is 7.43. The summed E-state index contributed by atoms with van der Waals surface area (Å²) in [6.45, 7) is 3.52. The number of anilines is 3. The highest BCUT2D eigenvalue weighted by atomic mass is 35.5. The molecule has 0 unspecified atom stereocenters. The molecule has 0 saturated carbocycles. The number of hydrogen-bond acceptors (Lipinski definition) is 5. The maximum atomic E-state index is 13.8. The minimum absolute atomic E-state index is 0.00255. The second-order valence-electron chi connectivity index (χ2n) is 9.78. The highest BCUT2D eigenvalue weighted by Gasteiger charge is 2.38. The van der Waals surface area contributed by atoms with Crippen LogP contribution in [0.25, 0.3) is 0 Å². The number of rotatable bonds is 7. The molecule has 0 aliphatic carbocycles. The van der Waals surface area contributed by atoms with E-state index in [0.29, 0.717) is 22.7 Å². The molecule has 3 aromatic carbocycles. The van der Waals surface area contributed by atoms with Gasteiger partial charge in [-0.2, -0.15) is 0 Å². The summed E-state index contributed by atoms with van der Waals surface area (Å²) in [5, 5.41) is 0.587. The predicted octanol–water partition coefficient (Wildman–Crippen LogP) is 5.79. The number of fused-ring (bicyclic) bond motifs is 1. The van der Waals surface area contributed by atoms with Crippen LogP contribution in [-0.4, -0.2) is 43.9 Å². The number of methoxy groups -OCH3 is 1. The molecule has 0 N–H and O–H groups in total. The van der Waals surface area contributed by atoms with E-state index < -0.39 is 5.97 Å². The lowest BCUT2D eigenvalue weighted by molar-refractivity contribution is -0.141. The van der Waals surface area contributed by atoms with E-state index in [9.17, 15) is 19.2 Å². The van der Waals surface area contributed by atoms with Crippen molar-refractivity contribution in [1.29, 1.82) is 0 Å². The first-order valence-electron chi connectivity index (χ1n) is 13.0. The molecule has 1 aliphatic heterocycles. The second-order valence-corrected chi connectivity index (χ2v) is 10.2. The van der Waals surface area contributed by atoms with Crippen LogP contribution in [0.2, 0.25) is 5.02 Å². The Balaban J connectivity index is 1.59. The van der Waals surface area contributed by atoms with Crippen LogP contribution in [0.3, 0.4) is 0 Å². The summed E-state index contributed by atoms with van der Waals surface area (Å²) in [7, 11) is 2.91. The Morgan fingerprint density at radius 2 is 1.55 bits per heavy atom. The highest BCUT2D eigenvalue weighted by molar-refractivity contribution is 6.30. The molecule has 8 nitrogen and oxygen atoms in total. The van der Waals surface area contributed by atoms with Gasteiger partial charge in [-0.15, -0.1) is 0 Å². The smallest absolute Gasteiger partial charge is 0.306 e. The van der Waals surface area contributed by atoms with E-state index in [4.69, 9.17) is 11.6 Å². The third kappa shape index (κ3) is 6.02. The fourth-order valence-electron chi connectivity index (χ4n) is 5.11. The first-order valence-corrected chi connectivity index (χ1v) is 13.4. The van der Waals surface area contributed by atoms with Gasteiger partial charge in [0, 0.05) is 54.1 Å². The molecule has 1 heterocycles. The van der Waals surface area contributed by atoms with E-state index in [1.54, 1.807) is 53.2 Å². The number of ether oxygens (including phenoxy) is 1. The van der Waals surface area contributed by atoms with Crippen molar-refractivity contribution in [2.75, 3.05) is 28.9 Å². The molecule has 0 aromatic heterocycles. The largest absolute Gasteiger partial charge is 0.469 e. The van der Waals surface area contributed by atoms with Gasteiger partial charge < -0.3 is 19.4 Å². The lowest BCUT2D eigenvalue weighted by Gasteiger charge is -2.43. The number of nitrogens with zero attached hydrogens (tertiary/aromatic N) is 3. The number of para-hydroxylation sites is 1. The van der Waals surface area contributed by atoms with E-state index in [0.717, 1.165) is 16.9 Å². The molecule has 0 saturated heterocycles. The van der Waals surface area contributed by atoms with E-state index in [1.807, 2.05) is 43.3 Å². The van der Waals surface area contributed by atoms with Gasteiger partial charge in [-0.05, 0) is 73.5 Å². The van der Waals surface area contributed by atoms with Gasteiger partial charge in [0.15, 0.2) is 0 Å². The van der Waals surface area contributed by atoms with Gasteiger partial charge in [0.1, 0.15) is 0 Å². The van der Waals surface area contributed by atoms with Crippen molar-refractivity contribution in [3.63, 3.8) is 0 Å². The lowest BCUT2D eigenvalue weighted by Crippen LogP contribution is -2.47. The van der Waals surface area contributed by atoms with Crippen molar-refractivity contribution in [1.82, 2.24) is 0 Å². The zero-order valence-corrected chi connectivity index (χ0v) is 23.7. The fourth-order valence-corrected chi connectivity index (χ4v) is 5.23. The Kier molecular flexibility index (Phi) is 8.90. The Morgan fingerprint density at radius 1 is 0.925 bits per heavy atom. The molecular weight excluding hydrogens is 530 g/mol. The molecule has 4 rings (SSSR count). The summed E-state index contributed by atoms with van der Waals surface area (Å²) in [5.74, 6) is -0.953. The predicted molar refractivity (Wildman–Crippen MR) is 156 cm³/mol. The number of carbonyl (C=O) groups excluding carboxylic acids is 4. The van der Waals surface area contributed by atoms with Crippen LogP contribution >= 0.6 is 11.6 Å². The normalized spacial score (nSPS) is 16.1. The minimum Gasteiger partial charge on any atom is -0.469 e. The first-order chi connectivity index (χ1) is 19.1. The lowest BCUT2D eigenvalue weighted by atomic mass is 9.89. The van der Waals surface area contributed by atoms with E-state index in [1.165, 1.54) is 18.9 Å². The van der Waals surface area contributed by atoms with Crippen molar-refractivity contribution in [2.24, 2.45) is 0 Å². The molecule has 0 bridgehead atoms. The molecule has 3 aromatic rings. The van der Waals surface area contributed by atoms with Gasteiger partial charge in [-0.1, -0.05) is 29.8 Å². The molecule has 0 spiro atoms. The van der Waals surface area contributed by atoms with Crippen molar-refractivity contribution in [3.8, 4) is 0 Å². The standard InChI is InChI=1S/C31H32ClN3O5/c1-20-19-28(35(21(2)36)25-15-11-23(32)12-16-25)26-7-5-6-8-27(26)34(20)31(39)22-9-13-24(14-10-22)33(3)29(37)17-18-30(38)40-4/h5-16,20,28H,17-19H2,1-4H3/t20-,28+/m0/s1. The van der Waals surface area contributed by atoms with Crippen molar-refractivity contribution in [3.05, 3.63) is 88.9 Å². The summed E-state index contributed by atoms with van der Waals surface area (Å²) in [6, 6.07) is 21.2. The monoisotopic (exact) mass is 561 g/mol. The maximum Gasteiger partial charge on any atom is 0.306 e. The Bertz CT molecular complexity index is 1410. The van der Waals surface area contributed by atoms with Gasteiger partial charge in [-0.3, -0.25) is 19.2 Å². The molecule has 1 aliphatic rings. The van der Waals surface area contributed by atoms with Gasteiger partial charge in [0.05, 0.1) is 19.6 Å². The van der Waals surface area contributed by atoms with Crippen LogP contribution in [0, 0.1) is 0 Å². The average Bonchev–Trinajstić information content (AvgIpc) is 2.96. The van der Waals surface area contributed by atoms with E-state index in [2.05, 4.69) is 4.74 Å². The van der Waals surface area contributed by atoms with Gasteiger partial charge in [0.25, 0.3) is 5.91 Å². The Labute approximate surface area is 239 Å². The second kappa shape index (κ2) is 12.3. The van der Waals surface area contributed by atoms with E-state index in [-0.39, 0.29) is 42.6 Å². The number of esters is 1. The van der Waals surface area contributed by atoms with Crippen LogP contribution < -0.4 is 14.7 Å². The van der Waals surface area contributed by atoms with Gasteiger partial charge >= 0.3 is 5.97 Å². The summed E-state index contributed by atoms with van der Waals surface area (Å²) < 4.78 is 4.60. The van der Waals surface area contributed by atoms with E-state index >= 15 is 0 Å². The number of halogens is 1. The topological polar surface area (TPSA) is 87.2 Å². The zero-order chi connectivity index (χ0) is 29.0. The van der Waals surface area contributed by atoms with Crippen LogP contribution in [0.5, 0.6) is 0 Å².